The Labute approximate surface area is 205 Å². The molecule has 0 radical (unpaired) electrons. The van der Waals surface area contributed by atoms with Crippen LogP contribution in [0, 0.1) is 22.7 Å². The number of hydrogen-bond donors (Lipinski definition) is 0. The molecule has 35 heavy (non-hydrogen) atoms. The van der Waals surface area contributed by atoms with Crippen LogP contribution in [0.25, 0.3) is 12.2 Å². The van der Waals surface area contributed by atoms with Crippen LogP contribution in [0.2, 0.25) is 0 Å². The van der Waals surface area contributed by atoms with E-state index in [2.05, 4.69) is 17.0 Å². The molecule has 0 unspecified atom stereocenters. The zero-order chi connectivity index (χ0) is 24.6. The fourth-order valence-corrected chi connectivity index (χ4v) is 3.70. The first kappa shape index (κ1) is 23.2. The Bertz CT molecular complexity index is 1360. The second kappa shape index (κ2) is 10.7. The summed E-state index contributed by atoms with van der Waals surface area (Å²) >= 11 is 0. The fraction of sp³-hybridized carbons (Fsp3) is 0.0667. The van der Waals surface area contributed by atoms with E-state index in [1.807, 2.05) is 84.9 Å². The standard InChI is InChI=1S/C30H23N3O2/c1-34-29-15-11-27(12-16-29)33(28-13-17-30(35-2)18-14-28)26-9-5-22(6-10-26)3-7-24-19-23(20-31)4-8-25(24)21-32/h3-19H,1-2H3. The van der Waals surface area contributed by atoms with Gasteiger partial charge in [0.1, 0.15) is 11.5 Å². The van der Waals surface area contributed by atoms with E-state index < -0.39 is 0 Å². The number of nitriles is 2. The number of anilines is 3. The second-order valence-corrected chi connectivity index (χ2v) is 7.68. The molecule has 0 amide bonds. The molecule has 0 atom stereocenters. The Balaban J connectivity index is 1.67. The first-order valence-electron chi connectivity index (χ1n) is 11.0. The quantitative estimate of drug-likeness (QED) is 0.277. The Kier molecular flexibility index (Phi) is 7.11. The molecule has 5 nitrogen and oxygen atoms in total. The van der Waals surface area contributed by atoms with E-state index in [-0.39, 0.29) is 0 Å². The highest BCUT2D eigenvalue weighted by Gasteiger charge is 2.13. The molecule has 4 rings (SSSR count). The minimum Gasteiger partial charge on any atom is -0.497 e. The van der Waals surface area contributed by atoms with Gasteiger partial charge < -0.3 is 14.4 Å². The Morgan fingerprint density at radius 1 is 0.629 bits per heavy atom. The van der Waals surface area contributed by atoms with Gasteiger partial charge in [-0.1, -0.05) is 24.3 Å². The molecule has 0 aromatic heterocycles. The van der Waals surface area contributed by atoms with Crippen molar-refractivity contribution in [1.29, 1.82) is 10.5 Å². The molecule has 4 aromatic carbocycles. The van der Waals surface area contributed by atoms with Crippen molar-refractivity contribution in [2.24, 2.45) is 0 Å². The van der Waals surface area contributed by atoms with Gasteiger partial charge >= 0.3 is 0 Å². The minimum atomic E-state index is 0.522. The molecule has 0 bridgehead atoms. The highest BCUT2D eigenvalue weighted by molar-refractivity contribution is 5.79. The summed E-state index contributed by atoms with van der Waals surface area (Å²) in [4.78, 5) is 2.15. The first-order valence-corrected chi connectivity index (χ1v) is 11.0. The summed E-state index contributed by atoms with van der Waals surface area (Å²) in [7, 11) is 3.30. The lowest BCUT2D eigenvalue weighted by Gasteiger charge is -2.26. The van der Waals surface area contributed by atoms with Crippen LogP contribution in [-0.4, -0.2) is 14.2 Å². The van der Waals surface area contributed by atoms with Gasteiger partial charge in [-0.3, -0.25) is 0 Å². The first-order chi connectivity index (χ1) is 17.1. The molecule has 0 fully saturated rings. The molecule has 0 aliphatic carbocycles. The zero-order valence-electron chi connectivity index (χ0n) is 19.5. The van der Waals surface area contributed by atoms with Gasteiger partial charge in [0.05, 0.1) is 37.5 Å². The molecule has 0 N–H and O–H groups in total. The summed E-state index contributed by atoms with van der Waals surface area (Å²) in [6.45, 7) is 0. The maximum Gasteiger partial charge on any atom is 0.119 e. The Morgan fingerprint density at radius 2 is 1.14 bits per heavy atom. The van der Waals surface area contributed by atoms with E-state index in [0.717, 1.165) is 34.1 Å². The van der Waals surface area contributed by atoms with E-state index in [0.29, 0.717) is 16.7 Å². The van der Waals surface area contributed by atoms with Gasteiger partial charge in [0.2, 0.25) is 0 Å². The summed E-state index contributed by atoms with van der Waals surface area (Å²) in [6.07, 6.45) is 3.80. The number of methoxy groups -OCH3 is 2. The van der Waals surface area contributed by atoms with Crippen molar-refractivity contribution in [3.8, 4) is 23.6 Å². The van der Waals surface area contributed by atoms with Gasteiger partial charge in [-0.05, 0) is 90.0 Å². The SMILES string of the molecule is COc1ccc(N(c2ccc(C=Cc3cc(C#N)ccc3C#N)cc2)c2ccc(OC)cc2)cc1. The van der Waals surface area contributed by atoms with Crippen LogP contribution >= 0.6 is 0 Å². The Morgan fingerprint density at radius 3 is 1.60 bits per heavy atom. The highest BCUT2D eigenvalue weighted by Crippen LogP contribution is 2.36. The van der Waals surface area contributed by atoms with Crippen LogP contribution in [0.5, 0.6) is 11.5 Å². The summed E-state index contributed by atoms with van der Waals surface area (Å²) in [6, 6.07) is 33.3. The maximum atomic E-state index is 9.37. The van der Waals surface area contributed by atoms with Crippen LogP contribution in [-0.2, 0) is 0 Å². The molecule has 0 heterocycles. The molecule has 0 aliphatic rings. The van der Waals surface area contributed by atoms with Crippen molar-refractivity contribution in [3.05, 3.63) is 113 Å². The van der Waals surface area contributed by atoms with Crippen LogP contribution in [0.3, 0.4) is 0 Å². The minimum absolute atomic E-state index is 0.522. The predicted octanol–water partition coefficient (Wildman–Crippen LogP) is 7.09. The molecule has 0 saturated carbocycles. The maximum absolute atomic E-state index is 9.37. The molecule has 170 valence electrons. The van der Waals surface area contributed by atoms with E-state index in [1.54, 1.807) is 32.4 Å². The van der Waals surface area contributed by atoms with Gasteiger partial charge in [-0.25, -0.2) is 0 Å². The van der Waals surface area contributed by atoms with E-state index >= 15 is 0 Å². The largest absolute Gasteiger partial charge is 0.497 e. The van der Waals surface area contributed by atoms with E-state index in [4.69, 9.17) is 14.7 Å². The highest BCUT2D eigenvalue weighted by atomic mass is 16.5. The van der Waals surface area contributed by atoms with E-state index in [9.17, 15) is 5.26 Å². The number of hydrogen-bond acceptors (Lipinski definition) is 5. The van der Waals surface area contributed by atoms with Crippen molar-refractivity contribution >= 4 is 29.2 Å². The molecule has 5 heteroatoms. The van der Waals surface area contributed by atoms with Gasteiger partial charge in [0, 0.05) is 17.1 Å². The van der Waals surface area contributed by atoms with Crippen LogP contribution < -0.4 is 14.4 Å². The van der Waals surface area contributed by atoms with Crippen molar-refractivity contribution < 1.29 is 9.47 Å². The summed E-state index contributed by atoms with van der Waals surface area (Å²) in [5.41, 5.74) is 5.72. The third-order valence-electron chi connectivity index (χ3n) is 5.57. The Hall–Kier alpha value is -5.00. The number of nitrogens with zero attached hydrogens (tertiary/aromatic N) is 3. The molecule has 0 saturated heterocycles. The summed E-state index contributed by atoms with van der Waals surface area (Å²) < 4.78 is 10.6. The summed E-state index contributed by atoms with van der Waals surface area (Å²) in [5, 5.41) is 18.5. The normalized spacial score (nSPS) is 10.4. The van der Waals surface area contributed by atoms with Crippen LogP contribution in [0.4, 0.5) is 17.1 Å². The van der Waals surface area contributed by atoms with Crippen molar-refractivity contribution in [2.45, 2.75) is 0 Å². The fourth-order valence-electron chi connectivity index (χ4n) is 3.70. The average Bonchev–Trinajstić information content (AvgIpc) is 2.93. The van der Waals surface area contributed by atoms with Crippen molar-refractivity contribution in [3.63, 3.8) is 0 Å². The number of benzene rings is 4. The summed E-state index contributed by atoms with van der Waals surface area (Å²) in [5.74, 6) is 1.59. The lowest BCUT2D eigenvalue weighted by Crippen LogP contribution is -2.09. The molecular formula is C30H23N3O2. The van der Waals surface area contributed by atoms with Gasteiger partial charge in [-0.2, -0.15) is 10.5 Å². The van der Waals surface area contributed by atoms with Crippen molar-refractivity contribution in [1.82, 2.24) is 0 Å². The lowest BCUT2D eigenvalue weighted by molar-refractivity contribution is 0.415. The third kappa shape index (κ3) is 5.33. The molecule has 0 spiro atoms. The molecule has 4 aromatic rings. The predicted molar refractivity (Wildman–Crippen MR) is 139 cm³/mol. The van der Waals surface area contributed by atoms with Crippen LogP contribution in [0.15, 0.2) is 91.0 Å². The topological polar surface area (TPSA) is 69.3 Å². The molecular weight excluding hydrogens is 434 g/mol. The zero-order valence-corrected chi connectivity index (χ0v) is 19.5. The van der Waals surface area contributed by atoms with Crippen molar-refractivity contribution in [2.75, 3.05) is 19.1 Å². The van der Waals surface area contributed by atoms with Crippen LogP contribution in [0.1, 0.15) is 22.3 Å². The second-order valence-electron chi connectivity index (χ2n) is 7.68. The van der Waals surface area contributed by atoms with Gasteiger partial charge in [0.15, 0.2) is 0 Å². The smallest absolute Gasteiger partial charge is 0.119 e. The third-order valence-corrected chi connectivity index (χ3v) is 5.57. The number of rotatable bonds is 7. The number of ether oxygens (including phenoxy) is 2. The monoisotopic (exact) mass is 457 g/mol. The van der Waals surface area contributed by atoms with Gasteiger partial charge in [-0.15, -0.1) is 0 Å². The molecule has 0 aliphatic heterocycles. The lowest BCUT2D eigenvalue weighted by atomic mass is 10.0. The average molecular weight is 458 g/mol. The van der Waals surface area contributed by atoms with Gasteiger partial charge in [0.25, 0.3) is 0 Å². The van der Waals surface area contributed by atoms with E-state index in [1.165, 1.54) is 0 Å².